The zero-order valence-electron chi connectivity index (χ0n) is 18.1. The molecule has 2 N–H and O–H groups in total. The SMILES string of the molecule is Nc1ncccc1-c1nc2c(F)cc(C3CC3)cc2n1-c1ccc(C2CCN(C=O)C2)cc1. The molecule has 3 heterocycles. The summed E-state index contributed by atoms with van der Waals surface area (Å²) in [6, 6.07) is 15.6. The number of carbonyl (C=O) groups is 1. The van der Waals surface area contributed by atoms with Crippen LogP contribution >= 0.6 is 0 Å². The summed E-state index contributed by atoms with van der Waals surface area (Å²) >= 11 is 0. The van der Waals surface area contributed by atoms with Crippen LogP contribution in [-0.2, 0) is 4.79 Å². The highest BCUT2D eigenvalue weighted by Gasteiger charge is 2.27. The monoisotopic (exact) mass is 441 g/mol. The van der Waals surface area contributed by atoms with Crippen molar-refractivity contribution in [3.05, 3.63) is 71.7 Å². The molecule has 0 bridgehead atoms. The van der Waals surface area contributed by atoms with Crippen molar-refractivity contribution in [3.8, 4) is 17.1 Å². The van der Waals surface area contributed by atoms with Crippen molar-refractivity contribution in [3.63, 3.8) is 0 Å². The molecule has 0 spiro atoms. The van der Waals surface area contributed by atoms with E-state index in [1.54, 1.807) is 12.3 Å². The van der Waals surface area contributed by atoms with E-state index in [1.165, 1.54) is 5.56 Å². The molecule has 1 atom stereocenters. The van der Waals surface area contributed by atoms with Gasteiger partial charge in [0.25, 0.3) is 0 Å². The number of amides is 1. The predicted molar refractivity (Wildman–Crippen MR) is 126 cm³/mol. The van der Waals surface area contributed by atoms with Gasteiger partial charge in [-0.1, -0.05) is 12.1 Å². The van der Waals surface area contributed by atoms with Gasteiger partial charge in [-0.05, 0) is 72.7 Å². The first-order valence-electron chi connectivity index (χ1n) is 11.3. The van der Waals surface area contributed by atoms with Crippen molar-refractivity contribution in [2.24, 2.45) is 0 Å². The lowest BCUT2D eigenvalue weighted by Gasteiger charge is -2.14. The second-order valence-electron chi connectivity index (χ2n) is 9.03. The van der Waals surface area contributed by atoms with E-state index >= 15 is 4.39 Å². The Morgan fingerprint density at radius 2 is 1.85 bits per heavy atom. The quantitative estimate of drug-likeness (QED) is 0.458. The number of hydrogen-bond donors (Lipinski definition) is 1. The van der Waals surface area contributed by atoms with E-state index in [-0.39, 0.29) is 5.82 Å². The van der Waals surface area contributed by atoms with Gasteiger partial charge in [-0.2, -0.15) is 0 Å². The van der Waals surface area contributed by atoms with Crippen LogP contribution in [0.15, 0.2) is 54.7 Å². The van der Waals surface area contributed by atoms with Crippen LogP contribution in [0.25, 0.3) is 28.1 Å². The third kappa shape index (κ3) is 3.44. The zero-order chi connectivity index (χ0) is 22.5. The summed E-state index contributed by atoms with van der Waals surface area (Å²) in [7, 11) is 0. The molecule has 2 aliphatic rings. The van der Waals surface area contributed by atoms with Crippen molar-refractivity contribution in [2.75, 3.05) is 18.8 Å². The first kappa shape index (κ1) is 19.9. The van der Waals surface area contributed by atoms with Gasteiger partial charge < -0.3 is 10.6 Å². The highest BCUT2D eigenvalue weighted by molar-refractivity contribution is 5.86. The minimum atomic E-state index is -0.312. The number of nitrogens with zero attached hydrogens (tertiary/aromatic N) is 4. The topological polar surface area (TPSA) is 77.0 Å². The van der Waals surface area contributed by atoms with Crippen LogP contribution in [0.3, 0.4) is 0 Å². The predicted octanol–water partition coefficient (Wildman–Crippen LogP) is 4.63. The van der Waals surface area contributed by atoms with Crippen molar-refractivity contribution >= 4 is 23.3 Å². The Balaban J connectivity index is 1.51. The molecule has 1 aliphatic carbocycles. The number of fused-ring (bicyclic) bond motifs is 1. The summed E-state index contributed by atoms with van der Waals surface area (Å²) in [6.45, 7) is 1.53. The average molecular weight is 442 g/mol. The van der Waals surface area contributed by atoms with Crippen LogP contribution in [0.5, 0.6) is 0 Å². The number of anilines is 1. The lowest BCUT2D eigenvalue weighted by Crippen LogP contribution is -2.17. The molecule has 1 saturated heterocycles. The van der Waals surface area contributed by atoms with Crippen LogP contribution in [-0.4, -0.2) is 38.9 Å². The normalized spacial score (nSPS) is 18.2. The molecule has 166 valence electrons. The number of likely N-dealkylation sites (tertiary alicyclic amines) is 1. The van der Waals surface area contributed by atoms with Crippen molar-refractivity contribution in [1.82, 2.24) is 19.4 Å². The Labute approximate surface area is 190 Å². The smallest absolute Gasteiger partial charge is 0.209 e. The molecule has 1 amide bonds. The second kappa shape index (κ2) is 7.69. The summed E-state index contributed by atoms with van der Waals surface area (Å²) in [5.41, 5.74) is 11.0. The Hall–Kier alpha value is -3.74. The molecule has 2 fully saturated rings. The first-order chi connectivity index (χ1) is 16.1. The molecule has 6 nitrogen and oxygen atoms in total. The van der Waals surface area contributed by atoms with Crippen LogP contribution in [0.4, 0.5) is 10.2 Å². The van der Waals surface area contributed by atoms with Gasteiger partial charge in [-0.15, -0.1) is 0 Å². The Morgan fingerprint density at radius 1 is 1.03 bits per heavy atom. The van der Waals surface area contributed by atoms with Crippen LogP contribution in [0, 0.1) is 5.82 Å². The minimum absolute atomic E-state index is 0.312. The van der Waals surface area contributed by atoms with E-state index in [0.717, 1.165) is 55.5 Å². The van der Waals surface area contributed by atoms with Crippen molar-refractivity contribution in [2.45, 2.75) is 31.1 Å². The van der Waals surface area contributed by atoms with E-state index in [1.807, 2.05) is 33.7 Å². The van der Waals surface area contributed by atoms with Gasteiger partial charge in [0.05, 0.1) is 11.1 Å². The molecular formula is C26H24FN5O. The van der Waals surface area contributed by atoms with Crippen molar-refractivity contribution in [1.29, 1.82) is 0 Å². The number of aromatic nitrogens is 3. The Bertz CT molecular complexity index is 1360. The van der Waals surface area contributed by atoms with E-state index in [4.69, 9.17) is 5.73 Å². The van der Waals surface area contributed by atoms with Crippen LogP contribution in [0.1, 0.15) is 42.2 Å². The van der Waals surface area contributed by atoms with Crippen molar-refractivity contribution < 1.29 is 9.18 Å². The second-order valence-corrected chi connectivity index (χ2v) is 9.03. The fourth-order valence-electron chi connectivity index (χ4n) is 4.91. The summed E-state index contributed by atoms with van der Waals surface area (Å²) in [5, 5.41) is 0. The molecular weight excluding hydrogens is 417 g/mol. The van der Waals surface area contributed by atoms with Crippen LogP contribution < -0.4 is 5.73 Å². The molecule has 6 rings (SSSR count). The summed E-state index contributed by atoms with van der Waals surface area (Å²) in [4.78, 5) is 21.8. The van der Waals surface area contributed by atoms with E-state index in [0.29, 0.717) is 34.6 Å². The maximum atomic E-state index is 15.1. The first-order valence-corrected chi connectivity index (χ1v) is 11.3. The summed E-state index contributed by atoms with van der Waals surface area (Å²) < 4.78 is 17.1. The molecule has 2 aromatic heterocycles. The lowest BCUT2D eigenvalue weighted by atomic mass is 9.98. The number of nitrogen functional groups attached to an aromatic ring is 1. The van der Waals surface area contributed by atoms with Gasteiger partial charge in [-0.3, -0.25) is 9.36 Å². The number of halogens is 1. The van der Waals surface area contributed by atoms with E-state index in [2.05, 4.69) is 28.2 Å². The largest absolute Gasteiger partial charge is 0.383 e. The minimum Gasteiger partial charge on any atom is -0.383 e. The molecule has 2 aromatic carbocycles. The van der Waals surface area contributed by atoms with Gasteiger partial charge in [-0.25, -0.2) is 14.4 Å². The number of rotatable bonds is 5. The zero-order valence-corrected chi connectivity index (χ0v) is 18.1. The van der Waals surface area contributed by atoms with Gasteiger partial charge in [0.15, 0.2) is 5.82 Å². The third-order valence-corrected chi connectivity index (χ3v) is 6.86. The number of carbonyl (C=O) groups excluding carboxylic acids is 1. The number of imidazole rings is 1. The van der Waals surface area contributed by atoms with Gasteiger partial charge in [0.2, 0.25) is 6.41 Å². The highest BCUT2D eigenvalue weighted by atomic mass is 19.1. The lowest BCUT2D eigenvalue weighted by molar-refractivity contribution is -0.117. The fraction of sp³-hybridized carbons (Fsp3) is 0.269. The van der Waals surface area contributed by atoms with E-state index < -0.39 is 0 Å². The number of pyridine rings is 1. The molecule has 0 radical (unpaired) electrons. The summed E-state index contributed by atoms with van der Waals surface area (Å²) in [5.74, 6) is 1.37. The summed E-state index contributed by atoms with van der Waals surface area (Å²) in [6.07, 6.45) is 5.70. The number of hydrogen-bond acceptors (Lipinski definition) is 4. The molecule has 7 heteroatoms. The van der Waals surface area contributed by atoms with Gasteiger partial charge in [0, 0.05) is 30.9 Å². The van der Waals surface area contributed by atoms with E-state index in [9.17, 15) is 4.79 Å². The third-order valence-electron chi connectivity index (χ3n) is 6.86. The molecule has 33 heavy (non-hydrogen) atoms. The molecule has 1 aliphatic heterocycles. The number of nitrogens with two attached hydrogens (primary N) is 1. The number of benzene rings is 2. The Kier molecular flexibility index (Phi) is 4.64. The van der Waals surface area contributed by atoms with Gasteiger partial charge in [0.1, 0.15) is 17.2 Å². The van der Waals surface area contributed by atoms with Crippen LogP contribution in [0.2, 0.25) is 0 Å². The Morgan fingerprint density at radius 3 is 2.55 bits per heavy atom. The molecule has 1 unspecified atom stereocenters. The van der Waals surface area contributed by atoms with Gasteiger partial charge >= 0.3 is 0 Å². The average Bonchev–Trinajstić information content (AvgIpc) is 3.45. The highest BCUT2D eigenvalue weighted by Crippen LogP contribution is 2.42. The fourth-order valence-corrected chi connectivity index (χ4v) is 4.91. The molecule has 4 aromatic rings. The standard InChI is InChI=1S/C26H24FN5O/c27-22-12-19(17-3-4-17)13-23-24(22)30-26(21-2-1-10-29-25(21)28)32(23)20-7-5-16(6-8-20)18-9-11-31(14-18)15-33/h1-2,5-8,10,12-13,15,17-18H,3-4,9,11,14H2,(H2,28,29). The maximum absolute atomic E-state index is 15.1. The molecule has 1 saturated carbocycles. The maximum Gasteiger partial charge on any atom is 0.209 e.